The molecule has 1 aromatic rings. The van der Waals surface area contributed by atoms with Crippen molar-refractivity contribution in [1.82, 2.24) is 10.2 Å². The Morgan fingerprint density at radius 2 is 1.94 bits per heavy atom. The van der Waals surface area contributed by atoms with Gasteiger partial charge in [-0.25, -0.2) is 0 Å². The van der Waals surface area contributed by atoms with Gasteiger partial charge in [-0.3, -0.25) is 19.8 Å². The lowest BCUT2D eigenvalue weighted by Gasteiger charge is -2.36. The first-order valence-corrected chi connectivity index (χ1v) is 6.06. The zero-order chi connectivity index (χ0) is 13.3. The molecule has 4 nitrogen and oxygen atoms in total. The highest BCUT2D eigenvalue weighted by molar-refractivity contribution is 6.02. The van der Waals surface area contributed by atoms with Crippen LogP contribution in [0.3, 0.4) is 0 Å². The topological polar surface area (TPSA) is 49.4 Å². The standard InChI is InChI=1S/C14H18N2O2/c1-10-6-4-5-7-11(10)9-16-12(17)8-15-14(2,3)13(16)18/h4-7,15H,8-9H2,1-3H3. The molecular formula is C14H18N2O2. The second-order valence-corrected chi connectivity index (χ2v) is 5.19. The second-order valence-electron chi connectivity index (χ2n) is 5.19. The van der Waals surface area contributed by atoms with Crippen molar-refractivity contribution in [3.8, 4) is 0 Å². The van der Waals surface area contributed by atoms with Crippen molar-refractivity contribution >= 4 is 11.8 Å². The Kier molecular flexibility index (Phi) is 3.22. The highest BCUT2D eigenvalue weighted by atomic mass is 16.2. The molecule has 0 aromatic heterocycles. The van der Waals surface area contributed by atoms with Crippen LogP contribution >= 0.6 is 0 Å². The van der Waals surface area contributed by atoms with E-state index in [1.807, 2.05) is 31.2 Å². The molecule has 96 valence electrons. The normalized spacial score (nSPS) is 19.2. The lowest BCUT2D eigenvalue weighted by Crippen LogP contribution is -2.63. The Labute approximate surface area is 107 Å². The number of benzene rings is 1. The molecule has 1 aliphatic rings. The van der Waals surface area contributed by atoms with Gasteiger partial charge in [-0.05, 0) is 31.9 Å². The molecule has 1 aromatic carbocycles. The average molecular weight is 246 g/mol. The third-order valence-electron chi connectivity index (χ3n) is 3.35. The molecule has 4 heteroatoms. The molecule has 1 aliphatic heterocycles. The molecule has 1 N–H and O–H groups in total. The fourth-order valence-corrected chi connectivity index (χ4v) is 2.04. The van der Waals surface area contributed by atoms with Gasteiger partial charge in [0.2, 0.25) is 11.8 Å². The monoisotopic (exact) mass is 246 g/mol. The van der Waals surface area contributed by atoms with Crippen LogP contribution in [0.5, 0.6) is 0 Å². The summed E-state index contributed by atoms with van der Waals surface area (Å²) in [5.74, 6) is -0.329. The average Bonchev–Trinajstić information content (AvgIpc) is 2.33. The minimum atomic E-state index is -0.670. The van der Waals surface area contributed by atoms with Crippen molar-refractivity contribution in [2.45, 2.75) is 32.9 Å². The van der Waals surface area contributed by atoms with Crippen LogP contribution < -0.4 is 5.32 Å². The fraction of sp³-hybridized carbons (Fsp3) is 0.429. The van der Waals surface area contributed by atoms with Gasteiger partial charge in [0, 0.05) is 0 Å². The number of piperazine rings is 1. The summed E-state index contributed by atoms with van der Waals surface area (Å²) in [6, 6.07) is 7.80. The van der Waals surface area contributed by atoms with E-state index in [4.69, 9.17) is 0 Å². The molecule has 2 amide bonds. The van der Waals surface area contributed by atoms with E-state index in [-0.39, 0.29) is 18.4 Å². The summed E-state index contributed by atoms with van der Waals surface area (Å²) < 4.78 is 0. The minimum absolute atomic E-state index is 0.164. The van der Waals surface area contributed by atoms with Crippen LogP contribution in [0.4, 0.5) is 0 Å². The van der Waals surface area contributed by atoms with Gasteiger partial charge in [0.05, 0.1) is 18.6 Å². The maximum Gasteiger partial charge on any atom is 0.249 e. The number of hydrogen-bond acceptors (Lipinski definition) is 3. The summed E-state index contributed by atoms with van der Waals surface area (Å²) in [5.41, 5.74) is 1.43. The number of carbonyl (C=O) groups excluding carboxylic acids is 2. The number of aryl methyl sites for hydroxylation is 1. The quantitative estimate of drug-likeness (QED) is 0.799. The van der Waals surface area contributed by atoms with E-state index < -0.39 is 5.54 Å². The van der Waals surface area contributed by atoms with Crippen molar-refractivity contribution in [3.05, 3.63) is 35.4 Å². The van der Waals surface area contributed by atoms with Gasteiger partial charge < -0.3 is 0 Å². The van der Waals surface area contributed by atoms with Crippen molar-refractivity contribution in [1.29, 1.82) is 0 Å². The van der Waals surface area contributed by atoms with E-state index in [0.717, 1.165) is 11.1 Å². The molecule has 0 bridgehead atoms. The summed E-state index contributed by atoms with van der Waals surface area (Å²) in [7, 11) is 0. The van der Waals surface area contributed by atoms with Crippen LogP contribution in [-0.2, 0) is 16.1 Å². The van der Waals surface area contributed by atoms with Gasteiger partial charge in [0.25, 0.3) is 0 Å². The molecule has 0 unspecified atom stereocenters. The molecule has 2 rings (SSSR count). The number of nitrogens with zero attached hydrogens (tertiary/aromatic N) is 1. The number of imide groups is 1. The molecule has 0 spiro atoms. The first kappa shape index (κ1) is 12.8. The van der Waals surface area contributed by atoms with E-state index in [0.29, 0.717) is 6.54 Å². The predicted octanol–water partition coefficient (Wildman–Crippen LogP) is 1.23. The number of hydrogen-bond donors (Lipinski definition) is 1. The van der Waals surface area contributed by atoms with E-state index in [1.165, 1.54) is 4.90 Å². The summed E-state index contributed by atoms with van der Waals surface area (Å²) >= 11 is 0. The third-order valence-corrected chi connectivity index (χ3v) is 3.35. The van der Waals surface area contributed by atoms with Crippen LogP contribution in [0.2, 0.25) is 0 Å². The number of carbonyl (C=O) groups is 2. The lowest BCUT2D eigenvalue weighted by molar-refractivity contribution is -0.153. The lowest BCUT2D eigenvalue weighted by atomic mass is 9.99. The summed E-state index contributed by atoms with van der Waals surface area (Å²) in [6.45, 7) is 6.15. The van der Waals surface area contributed by atoms with E-state index in [2.05, 4.69) is 5.32 Å². The molecule has 0 aliphatic carbocycles. The molecule has 0 radical (unpaired) electrons. The van der Waals surface area contributed by atoms with Gasteiger partial charge in [0.15, 0.2) is 0 Å². The highest BCUT2D eigenvalue weighted by Gasteiger charge is 2.39. The third kappa shape index (κ3) is 2.29. The first-order chi connectivity index (χ1) is 8.42. The Bertz CT molecular complexity index is 494. The minimum Gasteiger partial charge on any atom is -0.295 e. The van der Waals surface area contributed by atoms with Crippen LogP contribution in [0.25, 0.3) is 0 Å². The summed E-state index contributed by atoms with van der Waals surface area (Å²) in [5, 5.41) is 2.95. The van der Waals surface area contributed by atoms with E-state index >= 15 is 0 Å². The summed E-state index contributed by atoms with van der Waals surface area (Å²) in [6.07, 6.45) is 0. The van der Waals surface area contributed by atoms with E-state index in [9.17, 15) is 9.59 Å². The number of nitrogens with one attached hydrogen (secondary N) is 1. The zero-order valence-electron chi connectivity index (χ0n) is 11.0. The van der Waals surface area contributed by atoms with Crippen LogP contribution in [0.1, 0.15) is 25.0 Å². The Hall–Kier alpha value is -1.68. The van der Waals surface area contributed by atoms with Gasteiger partial charge in [-0.1, -0.05) is 24.3 Å². The smallest absolute Gasteiger partial charge is 0.249 e. The molecular weight excluding hydrogens is 228 g/mol. The Morgan fingerprint density at radius 1 is 1.28 bits per heavy atom. The van der Waals surface area contributed by atoms with Crippen molar-refractivity contribution in [3.63, 3.8) is 0 Å². The van der Waals surface area contributed by atoms with Gasteiger partial charge in [0.1, 0.15) is 0 Å². The SMILES string of the molecule is Cc1ccccc1CN1C(=O)CNC(C)(C)C1=O. The van der Waals surface area contributed by atoms with Gasteiger partial charge in [-0.2, -0.15) is 0 Å². The zero-order valence-corrected chi connectivity index (χ0v) is 11.0. The van der Waals surface area contributed by atoms with E-state index in [1.54, 1.807) is 13.8 Å². The second kappa shape index (κ2) is 4.53. The number of amides is 2. The molecule has 1 heterocycles. The van der Waals surface area contributed by atoms with Crippen LogP contribution in [-0.4, -0.2) is 28.8 Å². The maximum absolute atomic E-state index is 12.2. The van der Waals surface area contributed by atoms with Crippen LogP contribution in [0, 0.1) is 6.92 Å². The maximum atomic E-state index is 12.2. The molecule has 1 fully saturated rings. The van der Waals surface area contributed by atoms with Crippen molar-refractivity contribution < 1.29 is 9.59 Å². The summed E-state index contributed by atoms with van der Waals surface area (Å²) in [4.78, 5) is 25.4. The first-order valence-electron chi connectivity index (χ1n) is 6.06. The van der Waals surface area contributed by atoms with Gasteiger partial charge in [-0.15, -0.1) is 0 Å². The Balaban J connectivity index is 2.24. The predicted molar refractivity (Wildman–Crippen MR) is 68.8 cm³/mol. The molecule has 0 atom stereocenters. The molecule has 1 saturated heterocycles. The number of rotatable bonds is 2. The highest BCUT2D eigenvalue weighted by Crippen LogP contribution is 2.18. The molecule has 0 saturated carbocycles. The van der Waals surface area contributed by atoms with Crippen molar-refractivity contribution in [2.24, 2.45) is 0 Å². The largest absolute Gasteiger partial charge is 0.295 e. The van der Waals surface area contributed by atoms with Crippen LogP contribution in [0.15, 0.2) is 24.3 Å². The fourth-order valence-electron chi connectivity index (χ4n) is 2.04. The molecule has 18 heavy (non-hydrogen) atoms. The Morgan fingerprint density at radius 3 is 2.61 bits per heavy atom. The van der Waals surface area contributed by atoms with Gasteiger partial charge >= 0.3 is 0 Å². The van der Waals surface area contributed by atoms with Crippen molar-refractivity contribution in [2.75, 3.05) is 6.54 Å².